The maximum Gasteiger partial charge on any atom is 0.346 e. The van der Waals surface area contributed by atoms with Crippen LogP contribution in [0.3, 0.4) is 0 Å². The van der Waals surface area contributed by atoms with Gasteiger partial charge in [0.1, 0.15) is 0 Å². The minimum absolute atomic E-state index is 0.219. The van der Waals surface area contributed by atoms with E-state index in [4.69, 9.17) is 4.74 Å². The lowest BCUT2D eigenvalue weighted by Gasteiger charge is -2.05. The number of alkyl halides is 2. The van der Waals surface area contributed by atoms with E-state index in [-0.39, 0.29) is 13.2 Å². The van der Waals surface area contributed by atoms with Crippen molar-refractivity contribution >= 4 is 31.4 Å². The minimum atomic E-state index is -5.21. The Morgan fingerprint density at radius 2 is 1.91 bits per heavy atom. The lowest BCUT2D eigenvalue weighted by atomic mass is 10.2. The average Bonchev–Trinajstić information content (AvgIpc) is 2.75. The minimum Gasteiger partial charge on any atom is -0.380 e. The molecule has 134 valence electrons. The number of halogens is 3. The molecule has 1 atom stereocenters. The zero-order chi connectivity index (χ0) is 17.7. The highest BCUT2D eigenvalue weighted by molar-refractivity contribution is 8.01. The van der Waals surface area contributed by atoms with Crippen molar-refractivity contribution in [3.05, 3.63) is 21.4 Å². The number of sulfonamides is 1. The van der Waals surface area contributed by atoms with Gasteiger partial charge in [-0.15, -0.1) is 11.3 Å². The molecule has 1 heterocycles. The molecule has 0 amide bonds. The molecule has 0 bridgehead atoms. The molecule has 1 aromatic rings. The molecular weight excluding hydrogens is 379 g/mol. The van der Waals surface area contributed by atoms with Crippen LogP contribution in [0.5, 0.6) is 0 Å². The van der Waals surface area contributed by atoms with Crippen LogP contribution in [0, 0.1) is 13.8 Å². The summed E-state index contributed by atoms with van der Waals surface area (Å²) in [4.78, 5) is 2.28. The topological polar surface area (TPSA) is 82.0 Å². The molecule has 23 heavy (non-hydrogen) atoms. The Bertz CT molecular complexity index is 738. The first-order valence-corrected chi connectivity index (χ1v) is 10.2. The number of rotatable bonds is 9. The summed E-state index contributed by atoms with van der Waals surface area (Å²) in [7, 11) is -9.77. The van der Waals surface area contributed by atoms with Gasteiger partial charge in [-0.3, -0.25) is 0 Å². The molecule has 0 radical (unpaired) electrons. The Morgan fingerprint density at radius 1 is 1.26 bits per heavy atom. The summed E-state index contributed by atoms with van der Waals surface area (Å²) in [6, 6.07) is 1.99. The molecular formula is C11H16F3NO5S3. The number of hydrogen-bond donors (Lipinski definition) is 0. The number of aryl methyl sites for hydroxylation is 2. The van der Waals surface area contributed by atoms with Crippen LogP contribution in [0.25, 0.3) is 0 Å². The van der Waals surface area contributed by atoms with Crippen LogP contribution >= 0.6 is 11.3 Å². The fourth-order valence-corrected chi connectivity index (χ4v) is 4.92. The zero-order valence-corrected chi connectivity index (χ0v) is 14.8. The van der Waals surface area contributed by atoms with E-state index in [0.29, 0.717) is 6.42 Å². The normalized spacial score (nSPS) is 14.9. The fourth-order valence-electron chi connectivity index (χ4n) is 1.65. The lowest BCUT2D eigenvalue weighted by Crippen LogP contribution is -2.17. The Hall–Kier alpha value is -0.690. The molecule has 0 saturated carbocycles. The van der Waals surface area contributed by atoms with Gasteiger partial charge in [-0.2, -0.15) is 8.78 Å². The molecule has 0 N–H and O–H groups in total. The van der Waals surface area contributed by atoms with Gasteiger partial charge >= 0.3 is 5.76 Å². The summed E-state index contributed by atoms with van der Waals surface area (Å²) in [5.74, 6) is -4.69. The van der Waals surface area contributed by atoms with Crippen molar-refractivity contribution in [1.82, 2.24) is 0 Å². The van der Waals surface area contributed by atoms with E-state index in [1.54, 1.807) is 11.3 Å². The molecule has 0 aliphatic carbocycles. The number of nitrogens with zero attached hydrogens (tertiary/aromatic N) is 1. The van der Waals surface area contributed by atoms with E-state index in [9.17, 15) is 25.9 Å². The SMILES string of the molecule is Cc1cc(CCOCCS(=O)(=O)N=S(=O)(OF)C(F)F)c(C)s1. The van der Waals surface area contributed by atoms with Crippen LogP contribution in [0.15, 0.2) is 9.83 Å². The third-order valence-electron chi connectivity index (χ3n) is 2.68. The van der Waals surface area contributed by atoms with Gasteiger partial charge in [0.25, 0.3) is 20.0 Å². The quantitative estimate of drug-likeness (QED) is 0.601. The van der Waals surface area contributed by atoms with Crippen LogP contribution in [0.4, 0.5) is 13.3 Å². The second-order valence-corrected chi connectivity index (χ2v) is 9.64. The molecule has 0 aliphatic rings. The van der Waals surface area contributed by atoms with Crippen LogP contribution in [0.1, 0.15) is 15.3 Å². The van der Waals surface area contributed by atoms with Crippen molar-refractivity contribution in [3.63, 3.8) is 0 Å². The van der Waals surface area contributed by atoms with Crippen molar-refractivity contribution in [1.29, 1.82) is 0 Å². The number of thiophene rings is 1. The standard InChI is InChI=1S/C11H16F3NO5S3/c1-8-7-10(9(2)21-8)3-4-19-5-6-22(16,17)15-23(18,20-14)11(12)13/h7,11H,3-6H2,1-2H3. The lowest BCUT2D eigenvalue weighted by molar-refractivity contribution is -0.000785. The fraction of sp³-hybridized carbons (Fsp3) is 0.636. The molecule has 0 fully saturated rings. The summed E-state index contributed by atoms with van der Waals surface area (Å²) in [5, 5.41) is 0. The second-order valence-electron chi connectivity index (χ2n) is 4.50. The van der Waals surface area contributed by atoms with Crippen LogP contribution < -0.4 is 0 Å². The monoisotopic (exact) mass is 395 g/mol. The van der Waals surface area contributed by atoms with Gasteiger partial charge in [0.05, 0.1) is 19.0 Å². The molecule has 6 nitrogen and oxygen atoms in total. The average molecular weight is 395 g/mol. The molecule has 0 aliphatic heterocycles. The third-order valence-corrected chi connectivity index (χ3v) is 6.74. The zero-order valence-electron chi connectivity index (χ0n) is 12.3. The van der Waals surface area contributed by atoms with Gasteiger partial charge in [-0.25, -0.2) is 12.6 Å². The maximum atomic E-state index is 12.3. The predicted molar refractivity (Wildman–Crippen MR) is 80.9 cm³/mol. The Labute approximate surface area is 136 Å². The van der Waals surface area contributed by atoms with Gasteiger partial charge in [-0.05, 0) is 36.4 Å². The first kappa shape index (κ1) is 20.4. The first-order chi connectivity index (χ1) is 10.6. The van der Waals surface area contributed by atoms with Crippen molar-refractivity contribution < 1.29 is 35.1 Å². The van der Waals surface area contributed by atoms with E-state index in [2.05, 4.69) is 8.16 Å². The summed E-state index contributed by atoms with van der Waals surface area (Å²) in [6.45, 7) is 3.78. The van der Waals surface area contributed by atoms with Gasteiger partial charge < -0.3 is 4.74 Å². The van der Waals surface area contributed by atoms with Gasteiger partial charge in [0.2, 0.25) is 0 Å². The highest BCUT2D eigenvalue weighted by Gasteiger charge is 2.28. The highest BCUT2D eigenvalue weighted by atomic mass is 32.3. The second kappa shape index (κ2) is 8.42. The van der Waals surface area contributed by atoms with E-state index >= 15 is 0 Å². The van der Waals surface area contributed by atoms with Crippen molar-refractivity contribution in [2.75, 3.05) is 19.0 Å². The molecule has 1 unspecified atom stereocenters. The van der Waals surface area contributed by atoms with Gasteiger partial charge in [-0.1, -0.05) is 8.16 Å². The van der Waals surface area contributed by atoms with Crippen LogP contribution in [0.2, 0.25) is 0 Å². The molecule has 12 heteroatoms. The van der Waals surface area contributed by atoms with E-state index < -0.39 is 31.5 Å². The number of ether oxygens (including phenoxy) is 1. The Kier molecular flexibility index (Phi) is 7.45. The Balaban J connectivity index is 2.50. The maximum absolute atomic E-state index is 12.3. The molecule has 1 aromatic heterocycles. The molecule has 0 spiro atoms. The number of hydrogen-bond acceptors (Lipinski definition) is 6. The van der Waals surface area contributed by atoms with Gasteiger partial charge in [0.15, 0.2) is 0 Å². The summed E-state index contributed by atoms with van der Waals surface area (Å²) >= 11 is 1.63. The summed E-state index contributed by atoms with van der Waals surface area (Å²) in [5.41, 5.74) is 1.08. The smallest absolute Gasteiger partial charge is 0.346 e. The van der Waals surface area contributed by atoms with Crippen LogP contribution in [-0.4, -0.2) is 37.4 Å². The Morgan fingerprint density at radius 3 is 2.39 bits per heavy atom. The summed E-state index contributed by atoms with van der Waals surface area (Å²) in [6.07, 6.45) is 0.564. The largest absolute Gasteiger partial charge is 0.380 e. The van der Waals surface area contributed by atoms with E-state index in [0.717, 1.165) is 15.3 Å². The molecule has 0 saturated heterocycles. The van der Waals surface area contributed by atoms with Crippen molar-refractivity contribution in [2.24, 2.45) is 3.77 Å². The van der Waals surface area contributed by atoms with E-state index in [1.807, 2.05) is 19.9 Å². The van der Waals surface area contributed by atoms with Crippen molar-refractivity contribution in [3.8, 4) is 0 Å². The molecule has 0 aromatic carbocycles. The van der Waals surface area contributed by atoms with Crippen LogP contribution in [-0.2, 0) is 35.6 Å². The predicted octanol–water partition coefficient (Wildman–Crippen LogP) is 2.76. The van der Waals surface area contributed by atoms with E-state index in [1.165, 1.54) is 0 Å². The third kappa shape index (κ3) is 6.37. The highest BCUT2D eigenvalue weighted by Crippen LogP contribution is 2.21. The first-order valence-electron chi connectivity index (χ1n) is 6.31. The summed E-state index contributed by atoms with van der Waals surface area (Å²) < 4.78 is 80.1. The molecule has 1 rings (SSSR count). The van der Waals surface area contributed by atoms with Crippen molar-refractivity contribution in [2.45, 2.75) is 26.0 Å². The van der Waals surface area contributed by atoms with Gasteiger partial charge in [0, 0.05) is 9.75 Å².